The second-order valence-corrected chi connectivity index (χ2v) is 7.34. The number of hydrogen-bond donors (Lipinski definition) is 0. The minimum atomic E-state index is -3.59. The van der Waals surface area contributed by atoms with Crippen molar-refractivity contribution in [3.63, 3.8) is 0 Å². The Morgan fingerprint density at radius 3 is 3.09 bits per heavy atom. The van der Waals surface area contributed by atoms with Crippen molar-refractivity contribution in [3.8, 4) is 0 Å². The Morgan fingerprint density at radius 2 is 2.36 bits per heavy atom. The molecule has 1 aromatic rings. The molecular formula is C15H20N2O4S. The minimum absolute atomic E-state index is 0.0425. The van der Waals surface area contributed by atoms with Gasteiger partial charge < -0.3 is 9.47 Å². The third kappa shape index (κ3) is 2.81. The molecule has 7 heteroatoms. The number of aromatic nitrogens is 1. The first-order valence-corrected chi connectivity index (χ1v) is 8.84. The van der Waals surface area contributed by atoms with Crippen LogP contribution < -0.4 is 0 Å². The molecule has 0 N–H and O–H groups in total. The van der Waals surface area contributed by atoms with Crippen LogP contribution in [0.5, 0.6) is 0 Å². The molecule has 3 atom stereocenters. The topological polar surface area (TPSA) is 68.7 Å². The van der Waals surface area contributed by atoms with Crippen molar-refractivity contribution in [1.82, 2.24) is 9.29 Å². The fraction of sp³-hybridized carbons (Fsp3) is 0.533. The van der Waals surface area contributed by atoms with E-state index in [4.69, 9.17) is 9.47 Å². The van der Waals surface area contributed by atoms with E-state index in [2.05, 4.69) is 11.6 Å². The number of ether oxygens (including phenoxy) is 2. The molecule has 0 amide bonds. The van der Waals surface area contributed by atoms with E-state index in [1.54, 1.807) is 24.4 Å². The summed E-state index contributed by atoms with van der Waals surface area (Å²) in [5.41, 5.74) is 0. The van der Waals surface area contributed by atoms with Crippen LogP contribution in [0.15, 0.2) is 42.1 Å². The molecule has 0 radical (unpaired) electrons. The van der Waals surface area contributed by atoms with Crippen LogP contribution in [0.2, 0.25) is 0 Å². The first-order chi connectivity index (χ1) is 10.6. The van der Waals surface area contributed by atoms with Gasteiger partial charge in [0.05, 0.1) is 25.4 Å². The lowest BCUT2D eigenvalue weighted by atomic mass is 10.2. The fourth-order valence-corrected chi connectivity index (χ4v) is 4.80. The average molecular weight is 324 g/mol. The monoisotopic (exact) mass is 324 g/mol. The van der Waals surface area contributed by atoms with E-state index in [-0.39, 0.29) is 23.1 Å². The molecule has 120 valence electrons. The second kappa shape index (κ2) is 6.45. The number of sulfonamides is 1. The van der Waals surface area contributed by atoms with Crippen molar-refractivity contribution in [2.75, 3.05) is 19.8 Å². The van der Waals surface area contributed by atoms with Crippen molar-refractivity contribution < 1.29 is 17.9 Å². The fourth-order valence-electron chi connectivity index (χ4n) is 3.19. The number of rotatable bonds is 5. The summed E-state index contributed by atoms with van der Waals surface area (Å²) in [7, 11) is -3.59. The first kappa shape index (κ1) is 15.6. The van der Waals surface area contributed by atoms with Gasteiger partial charge in [0.2, 0.25) is 10.0 Å². The Balaban J connectivity index is 1.90. The van der Waals surface area contributed by atoms with Crippen molar-refractivity contribution >= 4 is 10.0 Å². The summed E-state index contributed by atoms with van der Waals surface area (Å²) < 4.78 is 38.9. The molecule has 6 nitrogen and oxygen atoms in total. The van der Waals surface area contributed by atoms with Crippen molar-refractivity contribution in [2.45, 2.75) is 36.0 Å². The zero-order valence-corrected chi connectivity index (χ0v) is 13.1. The van der Waals surface area contributed by atoms with Crippen LogP contribution >= 0.6 is 0 Å². The third-order valence-corrected chi connectivity index (χ3v) is 6.06. The molecule has 1 saturated carbocycles. The predicted molar refractivity (Wildman–Crippen MR) is 80.8 cm³/mol. The van der Waals surface area contributed by atoms with Gasteiger partial charge in [-0.2, -0.15) is 4.31 Å². The van der Waals surface area contributed by atoms with E-state index < -0.39 is 10.0 Å². The highest BCUT2D eigenvalue weighted by molar-refractivity contribution is 7.89. The second-order valence-electron chi connectivity index (χ2n) is 5.45. The van der Waals surface area contributed by atoms with Crippen LogP contribution in [0.4, 0.5) is 0 Å². The molecule has 2 fully saturated rings. The van der Waals surface area contributed by atoms with E-state index in [0.29, 0.717) is 19.8 Å². The standard InChI is InChI=1S/C15H20N2O4S/c1-2-9-21-15-13-5-6-14(15)20-10-8-17(13)22(18,19)12-4-3-7-16-11-12/h2-4,7,11,13-15H,1,5-6,8-10H2. The highest BCUT2D eigenvalue weighted by atomic mass is 32.2. The van der Waals surface area contributed by atoms with Gasteiger partial charge in [-0.1, -0.05) is 6.08 Å². The summed E-state index contributed by atoms with van der Waals surface area (Å²) in [5.74, 6) is 0. The summed E-state index contributed by atoms with van der Waals surface area (Å²) in [6.45, 7) is 4.76. The molecule has 22 heavy (non-hydrogen) atoms. The molecule has 1 saturated heterocycles. The molecule has 3 rings (SSSR count). The van der Waals surface area contributed by atoms with Crippen molar-refractivity contribution in [3.05, 3.63) is 37.2 Å². The zero-order chi connectivity index (χ0) is 15.6. The molecule has 1 aromatic heterocycles. The van der Waals surface area contributed by atoms with Crippen molar-refractivity contribution in [2.24, 2.45) is 0 Å². The van der Waals surface area contributed by atoms with E-state index in [9.17, 15) is 8.42 Å². The Labute approximate surface area is 130 Å². The Bertz CT molecular complexity index is 620. The zero-order valence-electron chi connectivity index (χ0n) is 12.3. The molecule has 1 aliphatic carbocycles. The summed E-state index contributed by atoms with van der Waals surface area (Å²) in [6.07, 6.45) is 5.88. The summed E-state index contributed by atoms with van der Waals surface area (Å²) in [4.78, 5) is 4.13. The number of nitrogens with zero attached hydrogens (tertiary/aromatic N) is 2. The van der Waals surface area contributed by atoms with E-state index in [1.165, 1.54) is 10.5 Å². The molecule has 3 unspecified atom stereocenters. The summed E-state index contributed by atoms with van der Waals surface area (Å²) in [5, 5.41) is 0. The minimum Gasteiger partial charge on any atom is -0.374 e. The molecule has 2 heterocycles. The quantitative estimate of drug-likeness (QED) is 0.762. The summed E-state index contributed by atoms with van der Waals surface area (Å²) in [6, 6.07) is 3.00. The first-order valence-electron chi connectivity index (χ1n) is 7.40. The van der Waals surface area contributed by atoms with E-state index in [1.807, 2.05) is 0 Å². The number of fused-ring (bicyclic) bond motifs is 2. The SMILES string of the molecule is C=CCOC1C2CCC1N(S(=O)(=O)c1cccnc1)CCO2. The van der Waals surface area contributed by atoms with E-state index >= 15 is 0 Å². The Kier molecular flexibility index (Phi) is 4.58. The van der Waals surface area contributed by atoms with Gasteiger partial charge in [-0.15, -0.1) is 6.58 Å². The number of hydrogen-bond acceptors (Lipinski definition) is 5. The maximum absolute atomic E-state index is 12.9. The lowest BCUT2D eigenvalue weighted by Gasteiger charge is -2.30. The van der Waals surface area contributed by atoms with Gasteiger partial charge in [-0.25, -0.2) is 8.42 Å². The van der Waals surface area contributed by atoms with Gasteiger partial charge in [0.1, 0.15) is 11.0 Å². The van der Waals surface area contributed by atoms with Crippen molar-refractivity contribution in [1.29, 1.82) is 0 Å². The van der Waals surface area contributed by atoms with Crippen LogP contribution in [-0.4, -0.2) is 55.7 Å². The van der Waals surface area contributed by atoms with Gasteiger partial charge >= 0.3 is 0 Å². The van der Waals surface area contributed by atoms with Gasteiger partial charge in [-0.3, -0.25) is 4.98 Å². The average Bonchev–Trinajstić information content (AvgIpc) is 2.80. The maximum Gasteiger partial charge on any atom is 0.245 e. The van der Waals surface area contributed by atoms with Gasteiger partial charge in [0, 0.05) is 18.9 Å². The van der Waals surface area contributed by atoms with Gasteiger partial charge in [0.25, 0.3) is 0 Å². The third-order valence-electron chi connectivity index (χ3n) is 4.15. The molecule has 1 aliphatic heterocycles. The molecule has 2 aliphatic rings. The highest BCUT2D eigenvalue weighted by Crippen LogP contribution is 2.34. The van der Waals surface area contributed by atoms with Crippen LogP contribution in [-0.2, 0) is 19.5 Å². The lowest BCUT2D eigenvalue weighted by molar-refractivity contribution is -0.0421. The van der Waals surface area contributed by atoms with Crippen LogP contribution in [0.25, 0.3) is 0 Å². The van der Waals surface area contributed by atoms with Gasteiger partial charge in [-0.05, 0) is 25.0 Å². The van der Waals surface area contributed by atoms with E-state index in [0.717, 1.165) is 12.8 Å². The smallest absolute Gasteiger partial charge is 0.245 e. The molecule has 0 spiro atoms. The van der Waals surface area contributed by atoms with Crippen LogP contribution in [0, 0.1) is 0 Å². The van der Waals surface area contributed by atoms with Crippen LogP contribution in [0.1, 0.15) is 12.8 Å². The van der Waals surface area contributed by atoms with Crippen LogP contribution in [0.3, 0.4) is 0 Å². The largest absolute Gasteiger partial charge is 0.374 e. The normalized spacial score (nSPS) is 29.2. The number of pyridine rings is 1. The Morgan fingerprint density at radius 1 is 1.50 bits per heavy atom. The Hall–Kier alpha value is -1.28. The molecule has 0 aromatic carbocycles. The lowest BCUT2D eigenvalue weighted by Crippen LogP contribution is -2.46. The molecule has 2 bridgehead atoms. The molecular weight excluding hydrogens is 304 g/mol. The predicted octanol–water partition coefficient (Wildman–Crippen LogP) is 1.20. The highest BCUT2D eigenvalue weighted by Gasteiger charge is 2.47. The summed E-state index contributed by atoms with van der Waals surface area (Å²) >= 11 is 0. The van der Waals surface area contributed by atoms with Gasteiger partial charge in [0.15, 0.2) is 0 Å². The maximum atomic E-state index is 12.9.